The van der Waals surface area contributed by atoms with Gasteiger partial charge in [-0.1, -0.05) is 30.3 Å². The van der Waals surface area contributed by atoms with Crippen molar-refractivity contribution in [1.29, 1.82) is 0 Å². The maximum Gasteiger partial charge on any atom is 0.276 e. The Morgan fingerprint density at radius 1 is 1.04 bits per heavy atom. The quantitative estimate of drug-likeness (QED) is 0.727. The molecule has 132 valence electrons. The molecule has 0 aliphatic rings. The molecule has 5 nitrogen and oxygen atoms in total. The van der Waals surface area contributed by atoms with E-state index in [-0.39, 0.29) is 24.0 Å². The Morgan fingerprint density at radius 3 is 2.58 bits per heavy atom. The molecule has 0 unspecified atom stereocenters. The largest absolute Gasteiger partial charge is 0.364 e. The first kappa shape index (κ1) is 17.5. The standard InChI is InChI=1S/C20H19FN4O/c1-13-7-8-14(2)18(11-13)23-20(26)17-9-10-19(25-24-17)22-12-15-5-3-4-6-16(15)21/h3-11H,12H2,1-2H3,(H,22,25)(H,23,26). The number of carbonyl (C=O) groups excluding carboxylic acids is 1. The third-order valence-electron chi connectivity index (χ3n) is 3.96. The fourth-order valence-electron chi connectivity index (χ4n) is 2.43. The summed E-state index contributed by atoms with van der Waals surface area (Å²) in [6.45, 7) is 4.18. The first-order chi connectivity index (χ1) is 12.5. The van der Waals surface area contributed by atoms with Gasteiger partial charge in [0.15, 0.2) is 5.69 Å². The van der Waals surface area contributed by atoms with Crippen LogP contribution in [0, 0.1) is 19.7 Å². The summed E-state index contributed by atoms with van der Waals surface area (Å²) in [7, 11) is 0. The zero-order chi connectivity index (χ0) is 18.5. The monoisotopic (exact) mass is 350 g/mol. The molecule has 0 aliphatic carbocycles. The van der Waals surface area contributed by atoms with Crippen LogP contribution in [0.1, 0.15) is 27.2 Å². The van der Waals surface area contributed by atoms with Crippen LogP contribution in [0.4, 0.5) is 15.9 Å². The third kappa shape index (κ3) is 4.22. The zero-order valence-corrected chi connectivity index (χ0v) is 14.6. The fourth-order valence-corrected chi connectivity index (χ4v) is 2.43. The van der Waals surface area contributed by atoms with E-state index < -0.39 is 0 Å². The second kappa shape index (κ2) is 7.74. The van der Waals surface area contributed by atoms with E-state index in [0.29, 0.717) is 11.4 Å². The maximum atomic E-state index is 13.6. The number of nitrogens with zero attached hydrogens (tertiary/aromatic N) is 2. The first-order valence-electron chi connectivity index (χ1n) is 8.22. The molecule has 0 aliphatic heterocycles. The molecule has 26 heavy (non-hydrogen) atoms. The average molecular weight is 350 g/mol. The highest BCUT2D eigenvalue weighted by Gasteiger charge is 2.10. The van der Waals surface area contributed by atoms with Crippen LogP contribution in [0.15, 0.2) is 54.6 Å². The Bertz CT molecular complexity index is 925. The Hall–Kier alpha value is -3.28. The van der Waals surface area contributed by atoms with Crippen molar-refractivity contribution in [2.75, 3.05) is 10.6 Å². The number of amides is 1. The van der Waals surface area contributed by atoms with E-state index in [9.17, 15) is 9.18 Å². The third-order valence-corrected chi connectivity index (χ3v) is 3.96. The molecule has 3 rings (SSSR count). The molecule has 2 N–H and O–H groups in total. The predicted molar refractivity (Wildman–Crippen MR) is 99.6 cm³/mol. The van der Waals surface area contributed by atoms with Crippen molar-refractivity contribution in [3.63, 3.8) is 0 Å². The van der Waals surface area contributed by atoms with Crippen LogP contribution in [0.5, 0.6) is 0 Å². The number of aryl methyl sites for hydroxylation is 2. The van der Waals surface area contributed by atoms with Crippen molar-refractivity contribution in [1.82, 2.24) is 10.2 Å². The predicted octanol–water partition coefficient (Wildman–Crippen LogP) is 4.10. The molecular formula is C20H19FN4O. The van der Waals surface area contributed by atoms with Crippen molar-refractivity contribution >= 4 is 17.4 Å². The number of hydrogen-bond acceptors (Lipinski definition) is 4. The molecule has 0 saturated heterocycles. The highest BCUT2D eigenvalue weighted by molar-refractivity contribution is 6.03. The number of nitrogens with one attached hydrogen (secondary N) is 2. The molecule has 6 heteroatoms. The summed E-state index contributed by atoms with van der Waals surface area (Å²) in [5, 5.41) is 13.8. The molecule has 0 radical (unpaired) electrons. The summed E-state index contributed by atoms with van der Waals surface area (Å²) in [6.07, 6.45) is 0. The molecule has 0 atom stereocenters. The van der Waals surface area contributed by atoms with E-state index in [1.54, 1.807) is 30.3 Å². The Kier molecular flexibility index (Phi) is 5.22. The number of benzene rings is 2. The number of rotatable bonds is 5. The normalized spacial score (nSPS) is 10.4. The highest BCUT2D eigenvalue weighted by atomic mass is 19.1. The first-order valence-corrected chi connectivity index (χ1v) is 8.22. The van der Waals surface area contributed by atoms with E-state index in [4.69, 9.17) is 0 Å². The SMILES string of the molecule is Cc1ccc(C)c(NC(=O)c2ccc(NCc3ccccc3F)nn2)c1. The van der Waals surface area contributed by atoms with Gasteiger partial charge in [0.2, 0.25) is 0 Å². The summed E-state index contributed by atoms with van der Waals surface area (Å²) in [6, 6.07) is 15.6. The van der Waals surface area contributed by atoms with Gasteiger partial charge in [-0.25, -0.2) is 4.39 Å². The van der Waals surface area contributed by atoms with E-state index in [1.165, 1.54) is 6.07 Å². The minimum atomic E-state index is -0.327. The number of anilines is 2. The molecule has 0 bridgehead atoms. The average Bonchev–Trinajstić information content (AvgIpc) is 2.64. The summed E-state index contributed by atoms with van der Waals surface area (Å²) in [5.41, 5.74) is 3.52. The summed E-state index contributed by atoms with van der Waals surface area (Å²) < 4.78 is 13.6. The minimum Gasteiger partial charge on any atom is -0.364 e. The van der Waals surface area contributed by atoms with Gasteiger partial charge in [0.25, 0.3) is 5.91 Å². The van der Waals surface area contributed by atoms with Gasteiger partial charge < -0.3 is 10.6 Å². The second-order valence-electron chi connectivity index (χ2n) is 6.02. The van der Waals surface area contributed by atoms with E-state index in [2.05, 4.69) is 20.8 Å². The van der Waals surface area contributed by atoms with Crippen molar-refractivity contribution < 1.29 is 9.18 Å². The summed E-state index contributed by atoms with van der Waals surface area (Å²) in [4.78, 5) is 12.3. The number of hydrogen-bond donors (Lipinski definition) is 2. The van der Waals surface area contributed by atoms with Crippen LogP contribution < -0.4 is 10.6 Å². The highest BCUT2D eigenvalue weighted by Crippen LogP contribution is 2.17. The van der Waals surface area contributed by atoms with Gasteiger partial charge in [0.1, 0.15) is 11.6 Å². The van der Waals surface area contributed by atoms with Gasteiger partial charge in [-0.05, 0) is 49.2 Å². The molecule has 1 aromatic heterocycles. The molecule has 1 heterocycles. The Labute approximate surface area is 151 Å². The van der Waals surface area contributed by atoms with Crippen LogP contribution in [0.2, 0.25) is 0 Å². The maximum absolute atomic E-state index is 13.6. The Balaban J connectivity index is 1.64. The molecule has 1 amide bonds. The molecular weight excluding hydrogens is 331 g/mol. The fraction of sp³-hybridized carbons (Fsp3) is 0.150. The number of carbonyl (C=O) groups is 1. The number of aromatic nitrogens is 2. The summed E-state index contributed by atoms with van der Waals surface area (Å²) in [5.74, 6) is -0.138. The molecule has 0 fully saturated rings. The molecule has 0 spiro atoms. The van der Waals surface area contributed by atoms with Crippen LogP contribution in [0.25, 0.3) is 0 Å². The zero-order valence-electron chi connectivity index (χ0n) is 14.6. The van der Waals surface area contributed by atoms with Crippen LogP contribution in [-0.4, -0.2) is 16.1 Å². The van der Waals surface area contributed by atoms with Crippen molar-refractivity contribution in [2.45, 2.75) is 20.4 Å². The van der Waals surface area contributed by atoms with Gasteiger partial charge >= 0.3 is 0 Å². The topological polar surface area (TPSA) is 66.9 Å². The van der Waals surface area contributed by atoms with Crippen molar-refractivity contribution in [2.24, 2.45) is 0 Å². The smallest absolute Gasteiger partial charge is 0.276 e. The van der Waals surface area contributed by atoms with Crippen LogP contribution in [0.3, 0.4) is 0 Å². The summed E-state index contributed by atoms with van der Waals surface area (Å²) >= 11 is 0. The van der Waals surface area contributed by atoms with Crippen molar-refractivity contribution in [3.05, 3.63) is 82.8 Å². The molecule has 2 aromatic carbocycles. The van der Waals surface area contributed by atoms with Crippen LogP contribution >= 0.6 is 0 Å². The van der Waals surface area contributed by atoms with E-state index >= 15 is 0 Å². The van der Waals surface area contributed by atoms with Gasteiger partial charge in [-0.15, -0.1) is 10.2 Å². The van der Waals surface area contributed by atoms with E-state index in [0.717, 1.165) is 16.8 Å². The second-order valence-corrected chi connectivity index (χ2v) is 6.02. The molecule has 0 saturated carbocycles. The lowest BCUT2D eigenvalue weighted by Crippen LogP contribution is -2.15. The minimum absolute atomic E-state index is 0.211. The van der Waals surface area contributed by atoms with Gasteiger partial charge in [-0.3, -0.25) is 4.79 Å². The van der Waals surface area contributed by atoms with Gasteiger partial charge in [0, 0.05) is 17.8 Å². The lowest BCUT2D eigenvalue weighted by Gasteiger charge is -2.09. The number of halogens is 1. The van der Waals surface area contributed by atoms with Crippen LogP contribution in [-0.2, 0) is 6.54 Å². The van der Waals surface area contributed by atoms with Crippen molar-refractivity contribution in [3.8, 4) is 0 Å². The van der Waals surface area contributed by atoms with E-state index in [1.807, 2.05) is 32.0 Å². The lowest BCUT2D eigenvalue weighted by molar-refractivity contribution is 0.102. The van der Waals surface area contributed by atoms with Gasteiger partial charge in [-0.2, -0.15) is 0 Å². The molecule has 3 aromatic rings. The Morgan fingerprint density at radius 2 is 1.85 bits per heavy atom. The lowest BCUT2D eigenvalue weighted by atomic mass is 10.1. The van der Waals surface area contributed by atoms with Gasteiger partial charge in [0.05, 0.1) is 0 Å².